The van der Waals surface area contributed by atoms with Gasteiger partial charge < -0.3 is 13.9 Å². The third-order valence-corrected chi connectivity index (χ3v) is 16.1. The molecule has 0 bridgehead atoms. The summed E-state index contributed by atoms with van der Waals surface area (Å²) in [6, 6.07) is 87.6. The molecule has 0 aliphatic heterocycles. The average Bonchev–Trinajstić information content (AvgIpc) is 4.18. The number of benzene rings is 10. The van der Waals surface area contributed by atoms with Crippen molar-refractivity contribution in [3.63, 3.8) is 0 Å². The van der Waals surface area contributed by atoms with E-state index in [0.717, 1.165) is 22.9 Å². The highest BCUT2D eigenvalue weighted by molar-refractivity contribution is 7.23. The average molecular weight is 917 g/mol. The summed E-state index contributed by atoms with van der Waals surface area (Å²) in [5, 5.41) is 7.60. The van der Waals surface area contributed by atoms with Gasteiger partial charge in [-0.25, -0.2) is 0 Å². The van der Waals surface area contributed by atoms with Crippen LogP contribution in [0.25, 0.3) is 118 Å². The number of ether oxygens (including phenoxy) is 1. The van der Waals surface area contributed by atoms with E-state index in [0.29, 0.717) is 0 Å². The number of rotatable bonds is 8. The lowest BCUT2D eigenvalue weighted by Crippen LogP contribution is -1.93. The smallest absolute Gasteiger partial charge is 0.127 e. The maximum Gasteiger partial charge on any atom is 0.127 e. The van der Waals surface area contributed by atoms with Gasteiger partial charge in [-0.2, -0.15) is 0 Å². The number of thiophene rings is 2. The van der Waals surface area contributed by atoms with Crippen LogP contribution in [0.2, 0.25) is 0 Å². The largest absolute Gasteiger partial charge is 0.457 e. The number of fused-ring (bicyclic) bond motifs is 8. The standard InChI is InChI=1S/C64H40N2OS2/c1-7-19-55-49(13-1)50-14-2-8-20-56(50)65(55)45-33-25-41(26-34-45)61-53-17-5-11-23-59(53)68-63(61)43-29-37-47(38-30-43)67-48-39-31-44(32-40-48)64-62(54-18-6-12-24-60(54)69-64)42-27-35-46(36-28-42)66-57-21-9-3-15-51(57)52-16-4-10-22-58(52)66/h1-40H. The van der Waals surface area contributed by atoms with Crippen molar-refractivity contribution in [2.75, 3.05) is 0 Å². The minimum absolute atomic E-state index is 0.801. The molecule has 4 aromatic heterocycles. The number of hydrogen-bond donors (Lipinski definition) is 0. The zero-order chi connectivity index (χ0) is 45.4. The fraction of sp³-hybridized carbons (Fsp3) is 0. The van der Waals surface area contributed by atoms with E-state index in [-0.39, 0.29) is 0 Å². The van der Waals surface area contributed by atoms with E-state index >= 15 is 0 Å². The van der Waals surface area contributed by atoms with Crippen molar-refractivity contribution in [1.29, 1.82) is 0 Å². The van der Waals surface area contributed by atoms with Gasteiger partial charge in [-0.05, 0) is 131 Å². The summed E-state index contributed by atoms with van der Waals surface area (Å²) < 4.78 is 13.8. The van der Waals surface area contributed by atoms with E-state index in [1.54, 1.807) is 0 Å². The van der Waals surface area contributed by atoms with Crippen molar-refractivity contribution < 1.29 is 4.74 Å². The second-order valence-corrected chi connectivity index (χ2v) is 19.7. The molecule has 14 aromatic rings. The maximum absolute atomic E-state index is 6.53. The van der Waals surface area contributed by atoms with Gasteiger partial charge in [-0.3, -0.25) is 0 Å². The van der Waals surface area contributed by atoms with Crippen molar-refractivity contribution in [3.8, 4) is 66.0 Å². The Kier molecular flexibility index (Phi) is 9.26. The van der Waals surface area contributed by atoms with Crippen molar-refractivity contribution >= 4 is 86.5 Å². The van der Waals surface area contributed by atoms with Crippen LogP contribution in [0.1, 0.15) is 0 Å². The quantitative estimate of drug-likeness (QED) is 0.149. The van der Waals surface area contributed by atoms with Crippen LogP contribution in [0.4, 0.5) is 0 Å². The molecule has 3 nitrogen and oxygen atoms in total. The third-order valence-electron chi connectivity index (χ3n) is 13.6. The number of para-hydroxylation sites is 4. The monoisotopic (exact) mass is 916 g/mol. The van der Waals surface area contributed by atoms with E-state index in [1.807, 2.05) is 22.7 Å². The van der Waals surface area contributed by atoms with E-state index in [2.05, 4.69) is 252 Å². The molecule has 0 N–H and O–H groups in total. The molecule has 4 heterocycles. The molecule has 0 amide bonds. The van der Waals surface area contributed by atoms with Gasteiger partial charge in [0.15, 0.2) is 0 Å². The van der Waals surface area contributed by atoms with Crippen molar-refractivity contribution in [1.82, 2.24) is 9.13 Å². The van der Waals surface area contributed by atoms with Crippen LogP contribution in [0.5, 0.6) is 11.5 Å². The highest BCUT2D eigenvalue weighted by Crippen LogP contribution is 2.48. The minimum Gasteiger partial charge on any atom is -0.457 e. The highest BCUT2D eigenvalue weighted by Gasteiger charge is 2.20. The number of nitrogens with zero attached hydrogens (tertiary/aromatic N) is 2. The summed E-state index contributed by atoms with van der Waals surface area (Å²) in [6.07, 6.45) is 0. The Bertz CT molecular complexity index is 3860. The lowest BCUT2D eigenvalue weighted by atomic mass is 9.98. The van der Waals surface area contributed by atoms with E-state index in [4.69, 9.17) is 4.74 Å². The molecule has 5 heteroatoms. The van der Waals surface area contributed by atoms with Gasteiger partial charge in [-0.1, -0.05) is 133 Å². The molecule has 0 radical (unpaired) electrons. The Labute approximate surface area is 406 Å². The summed E-state index contributed by atoms with van der Waals surface area (Å²) in [5.74, 6) is 1.60. The molecule has 0 atom stereocenters. The van der Waals surface area contributed by atoms with Crippen LogP contribution in [-0.2, 0) is 0 Å². The molecule has 0 aliphatic carbocycles. The van der Waals surface area contributed by atoms with Crippen LogP contribution in [0, 0.1) is 0 Å². The second-order valence-electron chi connectivity index (χ2n) is 17.6. The molecule has 0 aliphatic rings. The first-order valence-electron chi connectivity index (χ1n) is 23.3. The first kappa shape index (κ1) is 39.7. The van der Waals surface area contributed by atoms with Crippen LogP contribution in [0.15, 0.2) is 243 Å². The Morgan fingerprint density at radius 1 is 0.261 bits per heavy atom. The van der Waals surface area contributed by atoms with Gasteiger partial charge >= 0.3 is 0 Å². The topological polar surface area (TPSA) is 19.1 Å². The molecule has 0 unspecified atom stereocenters. The molecular formula is C64H40N2OS2. The Morgan fingerprint density at radius 3 is 0.899 bits per heavy atom. The maximum atomic E-state index is 6.53. The van der Waals surface area contributed by atoms with Gasteiger partial charge in [0.05, 0.1) is 22.1 Å². The fourth-order valence-corrected chi connectivity index (χ4v) is 13.0. The SMILES string of the molecule is c1ccc2c(-c3ccc(-n4c5ccccc5c5ccccc54)cc3)c(-c3ccc(Oc4ccc(-c5sc6ccccc6c5-c5ccc(-n6c7ccccc7c7ccccc76)cc5)cc4)cc3)sc2c1. The van der Waals surface area contributed by atoms with Crippen molar-refractivity contribution in [2.24, 2.45) is 0 Å². The zero-order valence-corrected chi connectivity index (χ0v) is 38.8. The van der Waals surface area contributed by atoms with Crippen LogP contribution < -0.4 is 4.74 Å². The van der Waals surface area contributed by atoms with Gasteiger partial charge in [0.2, 0.25) is 0 Å². The third kappa shape index (κ3) is 6.54. The van der Waals surface area contributed by atoms with Crippen LogP contribution in [0.3, 0.4) is 0 Å². The van der Waals surface area contributed by atoms with Gasteiger partial charge in [0, 0.05) is 74.0 Å². The van der Waals surface area contributed by atoms with Crippen molar-refractivity contribution in [3.05, 3.63) is 243 Å². The van der Waals surface area contributed by atoms with Crippen LogP contribution >= 0.6 is 22.7 Å². The Balaban J connectivity index is 0.752. The number of hydrogen-bond acceptors (Lipinski definition) is 3. The molecule has 14 rings (SSSR count). The first-order chi connectivity index (χ1) is 34.2. The van der Waals surface area contributed by atoms with E-state index in [9.17, 15) is 0 Å². The Hall–Kier alpha value is -8.48. The number of aromatic nitrogens is 2. The van der Waals surface area contributed by atoms with Gasteiger partial charge in [0.25, 0.3) is 0 Å². The summed E-state index contributed by atoms with van der Waals surface area (Å²) in [7, 11) is 0. The Morgan fingerprint density at radius 2 is 0.551 bits per heavy atom. The van der Waals surface area contributed by atoms with Gasteiger partial charge in [0.1, 0.15) is 11.5 Å². The predicted molar refractivity (Wildman–Crippen MR) is 294 cm³/mol. The predicted octanol–water partition coefficient (Wildman–Crippen LogP) is 18.8. The molecule has 0 saturated heterocycles. The second kappa shape index (κ2) is 16.1. The summed E-state index contributed by atoms with van der Waals surface area (Å²) in [4.78, 5) is 2.49. The van der Waals surface area contributed by atoms with Gasteiger partial charge in [-0.15, -0.1) is 22.7 Å². The zero-order valence-electron chi connectivity index (χ0n) is 37.2. The highest BCUT2D eigenvalue weighted by atomic mass is 32.1. The lowest BCUT2D eigenvalue weighted by molar-refractivity contribution is 0.483. The molecule has 0 saturated carbocycles. The molecule has 69 heavy (non-hydrogen) atoms. The molecule has 324 valence electrons. The van der Waals surface area contributed by atoms with Crippen molar-refractivity contribution in [2.45, 2.75) is 0 Å². The summed E-state index contributed by atoms with van der Waals surface area (Å²) in [6.45, 7) is 0. The van der Waals surface area contributed by atoms with Crippen LogP contribution in [-0.4, -0.2) is 9.13 Å². The fourth-order valence-electron chi connectivity index (χ4n) is 10.5. The van der Waals surface area contributed by atoms with E-state index < -0.39 is 0 Å². The molecular weight excluding hydrogens is 877 g/mol. The first-order valence-corrected chi connectivity index (χ1v) is 24.9. The summed E-state index contributed by atoms with van der Waals surface area (Å²) in [5.41, 5.74) is 14.4. The molecule has 0 spiro atoms. The molecule has 0 fully saturated rings. The molecule has 10 aromatic carbocycles. The van der Waals surface area contributed by atoms with E-state index in [1.165, 1.54) is 107 Å². The normalized spacial score (nSPS) is 11.8. The minimum atomic E-state index is 0.801. The summed E-state index contributed by atoms with van der Waals surface area (Å²) >= 11 is 3.68. The lowest BCUT2D eigenvalue weighted by Gasteiger charge is -2.12.